The van der Waals surface area contributed by atoms with Crippen molar-refractivity contribution in [2.75, 3.05) is 18.4 Å². The summed E-state index contributed by atoms with van der Waals surface area (Å²) in [6, 6.07) is 9.37. The molecule has 1 amide bonds. The van der Waals surface area contributed by atoms with Gasteiger partial charge in [-0.3, -0.25) is 4.79 Å². The van der Waals surface area contributed by atoms with Crippen LogP contribution in [-0.4, -0.2) is 54.9 Å². The van der Waals surface area contributed by atoms with E-state index in [2.05, 4.69) is 32.4 Å². The molecule has 1 saturated heterocycles. The number of amides is 1. The van der Waals surface area contributed by atoms with E-state index in [9.17, 15) is 4.79 Å². The molecule has 10 heteroatoms. The molecule has 3 aromatic heterocycles. The number of carbonyl (C=O) groups is 1. The quantitative estimate of drug-likeness (QED) is 0.473. The zero-order valence-electron chi connectivity index (χ0n) is 18.4. The van der Waals surface area contributed by atoms with Crippen molar-refractivity contribution in [3.63, 3.8) is 0 Å². The molecule has 5 rings (SSSR count). The van der Waals surface area contributed by atoms with Gasteiger partial charge in [0.15, 0.2) is 11.3 Å². The van der Waals surface area contributed by atoms with E-state index in [4.69, 9.17) is 16.0 Å². The number of hydrogen-bond donors (Lipinski definition) is 1. The smallest absolute Gasteiger partial charge is 0.295 e. The maximum Gasteiger partial charge on any atom is 0.295 e. The molecule has 1 aromatic carbocycles. The lowest BCUT2D eigenvalue weighted by molar-refractivity contribution is 0.0532. The molecule has 4 aromatic rings. The minimum absolute atomic E-state index is 0.0504. The largest absolute Gasteiger partial charge is 0.424 e. The van der Waals surface area contributed by atoms with Crippen molar-refractivity contribution >= 4 is 34.6 Å². The number of rotatable bonds is 5. The third-order valence-corrected chi connectivity index (χ3v) is 6.27. The van der Waals surface area contributed by atoms with Crippen LogP contribution in [0.1, 0.15) is 35.9 Å². The van der Waals surface area contributed by atoms with Crippen molar-refractivity contribution in [2.45, 2.75) is 32.7 Å². The van der Waals surface area contributed by atoms with E-state index in [0.29, 0.717) is 52.5 Å². The Morgan fingerprint density at radius 1 is 1.21 bits per heavy atom. The highest BCUT2D eigenvalue weighted by molar-refractivity contribution is 6.31. The zero-order chi connectivity index (χ0) is 22.9. The molecule has 0 bridgehead atoms. The fourth-order valence-electron chi connectivity index (χ4n) is 4.32. The summed E-state index contributed by atoms with van der Waals surface area (Å²) in [4.78, 5) is 26.1. The first-order chi connectivity index (χ1) is 16.0. The van der Waals surface area contributed by atoms with Crippen molar-refractivity contribution in [3.05, 3.63) is 59.1 Å². The lowest BCUT2D eigenvalue weighted by atomic mass is 9.90. The molecule has 1 unspecified atom stereocenters. The number of oxazole rings is 1. The Hall–Kier alpha value is -3.46. The van der Waals surface area contributed by atoms with E-state index < -0.39 is 0 Å². The normalized spacial score (nSPS) is 18.6. The van der Waals surface area contributed by atoms with E-state index >= 15 is 0 Å². The van der Waals surface area contributed by atoms with Gasteiger partial charge in [-0.25, -0.2) is 4.98 Å². The molecule has 0 radical (unpaired) electrons. The van der Waals surface area contributed by atoms with Gasteiger partial charge in [-0.2, -0.15) is 15.2 Å². The van der Waals surface area contributed by atoms with Crippen molar-refractivity contribution in [2.24, 2.45) is 5.92 Å². The first-order valence-corrected chi connectivity index (χ1v) is 11.3. The minimum Gasteiger partial charge on any atom is -0.424 e. The fraction of sp³-hybridized carbons (Fsp3) is 0.348. The number of nitrogens with zero attached hydrogens (tertiary/aromatic N) is 6. The van der Waals surface area contributed by atoms with Crippen LogP contribution in [-0.2, 0) is 0 Å². The first kappa shape index (κ1) is 21.4. The van der Waals surface area contributed by atoms with Crippen LogP contribution in [0.5, 0.6) is 0 Å². The van der Waals surface area contributed by atoms with E-state index in [1.54, 1.807) is 30.6 Å². The van der Waals surface area contributed by atoms with Gasteiger partial charge in [-0.15, -0.1) is 4.80 Å². The monoisotopic (exact) mass is 465 g/mol. The molecule has 9 nitrogen and oxygen atoms in total. The number of pyridine rings is 1. The van der Waals surface area contributed by atoms with Gasteiger partial charge in [0.2, 0.25) is 0 Å². The van der Waals surface area contributed by atoms with Gasteiger partial charge in [0.05, 0.1) is 18.4 Å². The Morgan fingerprint density at radius 3 is 2.85 bits per heavy atom. The molecule has 1 aliphatic heterocycles. The van der Waals surface area contributed by atoms with Gasteiger partial charge in [0.1, 0.15) is 11.2 Å². The van der Waals surface area contributed by atoms with Crippen LogP contribution in [0.4, 0.5) is 6.01 Å². The fourth-order valence-corrected chi connectivity index (χ4v) is 4.49. The average molecular weight is 466 g/mol. The SMILES string of the molecule is Cc1ccc(-n2nccn2)c(C(=O)N2CCCC(C)[C@H]2CNc2nc3cc(Cl)ccc3o2)n1. The van der Waals surface area contributed by atoms with Gasteiger partial charge < -0.3 is 14.6 Å². The van der Waals surface area contributed by atoms with Crippen LogP contribution in [0.25, 0.3) is 16.8 Å². The molecular weight excluding hydrogens is 442 g/mol. The molecule has 170 valence electrons. The molecule has 0 aliphatic carbocycles. The number of piperidine rings is 1. The Kier molecular flexibility index (Phi) is 5.72. The highest BCUT2D eigenvalue weighted by atomic mass is 35.5. The number of likely N-dealkylation sites (tertiary alicyclic amines) is 1. The van der Waals surface area contributed by atoms with Crippen LogP contribution in [0.2, 0.25) is 5.02 Å². The number of fused-ring (bicyclic) bond motifs is 1. The van der Waals surface area contributed by atoms with Crippen LogP contribution < -0.4 is 5.32 Å². The summed E-state index contributed by atoms with van der Waals surface area (Å²) in [5.74, 6) is 0.166. The predicted octanol–water partition coefficient (Wildman–Crippen LogP) is 4.12. The third-order valence-electron chi connectivity index (χ3n) is 6.04. The number of carbonyl (C=O) groups excluding carboxylic acids is 1. The molecule has 4 heterocycles. The number of anilines is 1. The Labute approximate surface area is 195 Å². The molecule has 33 heavy (non-hydrogen) atoms. The second-order valence-corrected chi connectivity index (χ2v) is 8.77. The first-order valence-electron chi connectivity index (χ1n) is 10.9. The van der Waals surface area contributed by atoms with Crippen molar-refractivity contribution in [1.29, 1.82) is 0 Å². The van der Waals surface area contributed by atoms with Crippen LogP contribution in [0.15, 0.2) is 47.1 Å². The third kappa shape index (κ3) is 4.28. The maximum atomic E-state index is 13.7. The van der Waals surface area contributed by atoms with Crippen molar-refractivity contribution < 1.29 is 9.21 Å². The lowest BCUT2D eigenvalue weighted by Gasteiger charge is -2.40. The molecule has 0 saturated carbocycles. The molecule has 1 fully saturated rings. The Morgan fingerprint density at radius 2 is 2.03 bits per heavy atom. The number of aryl methyl sites for hydroxylation is 1. The molecule has 1 aliphatic rings. The second kappa shape index (κ2) is 8.82. The summed E-state index contributed by atoms with van der Waals surface area (Å²) in [5, 5.41) is 12.3. The van der Waals surface area contributed by atoms with Crippen LogP contribution in [0, 0.1) is 12.8 Å². The summed E-state index contributed by atoms with van der Waals surface area (Å²) in [6.07, 6.45) is 5.13. The van der Waals surface area contributed by atoms with Gasteiger partial charge in [0, 0.05) is 23.8 Å². The van der Waals surface area contributed by atoms with Gasteiger partial charge >= 0.3 is 0 Å². The summed E-state index contributed by atoms with van der Waals surface area (Å²) >= 11 is 6.06. The number of hydrogen-bond acceptors (Lipinski definition) is 7. The van der Waals surface area contributed by atoms with Gasteiger partial charge in [0.25, 0.3) is 11.9 Å². The highest BCUT2D eigenvalue weighted by Gasteiger charge is 2.34. The Balaban J connectivity index is 1.40. The zero-order valence-corrected chi connectivity index (χ0v) is 19.2. The minimum atomic E-state index is -0.131. The van der Waals surface area contributed by atoms with E-state index in [0.717, 1.165) is 18.5 Å². The maximum absolute atomic E-state index is 13.7. The average Bonchev–Trinajstić information content (AvgIpc) is 3.47. The second-order valence-electron chi connectivity index (χ2n) is 8.34. The number of benzene rings is 1. The van der Waals surface area contributed by atoms with Gasteiger partial charge in [-0.1, -0.05) is 18.5 Å². The summed E-state index contributed by atoms with van der Waals surface area (Å²) in [5.41, 5.74) is 3.03. The van der Waals surface area contributed by atoms with Gasteiger partial charge in [-0.05, 0) is 56.0 Å². The summed E-state index contributed by atoms with van der Waals surface area (Å²) in [6.45, 7) is 5.20. The molecule has 0 spiro atoms. The number of nitrogens with one attached hydrogen (secondary N) is 1. The summed E-state index contributed by atoms with van der Waals surface area (Å²) < 4.78 is 5.80. The summed E-state index contributed by atoms with van der Waals surface area (Å²) in [7, 11) is 0. The van der Waals surface area contributed by atoms with Crippen LogP contribution in [0.3, 0.4) is 0 Å². The van der Waals surface area contributed by atoms with E-state index in [1.807, 2.05) is 24.0 Å². The molecular formula is C23H24ClN7O2. The van der Waals surface area contributed by atoms with Crippen LogP contribution >= 0.6 is 11.6 Å². The Bertz CT molecular complexity index is 1290. The standard InChI is InChI=1S/C23H24ClN7O2/c1-14-4-3-11-30(19(14)13-25-23-29-17-12-16(24)6-8-20(17)33-23)22(32)21-18(7-5-15(2)28-21)31-26-9-10-27-31/h5-10,12,14,19H,3-4,11,13H2,1-2H3,(H,25,29)/t14?,19-/m1/s1. The topological polar surface area (TPSA) is 102 Å². The lowest BCUT2D eigenvalue weighted by Crippen LogP contribution is -2.51. The molecule has 1 N–H and O–H groups in total. The number of halogens is 1. The number of aromatic nitrogens is 5. The van der Waals surface area contributed by atoms with E-state index in [1.165, 1.54) is 4.80 Å². The van der Waals surface area contributed by atoms with Crippen molar-refractivity contribution in [3.8, 4) is 5.69 Å². The highest BCUT2D eigenvalue weighted by Crippen LogP contribution is 2.28. The van der Waals surface area contributed by atoms with E-state index in [-0.39, 0.29) is 11.9 Å². The van der Waals surface area contributed by atoms with Crippen molar-refractivity contribution in [1.82, 2.24) is 29.9 Å². The molecule has 2 atom stereocenters. The predicted molar refractivity (Wildman–Crippen MR) is 125 cm³/mol.